The molecule has 10 rings (SSSR count). The topological polar surface area (TPSA) is 190 Å². The van der Waals surface area contributed by atoms with E-state index in [2.05, 4.69) is 31.5 Å². The van der Waals surface area contributed by atoms with Crippen LogP contribution in [0.2, 0.25) is 0 Å². The molecular weight excluding hydrogens is 809 g/mol. The molecule has 2 saturated carbocycles. The predicted molar refractivity (Wildman–Crippen MR) is 239 cm³/mol. The number of likely N-dealkylation sites (tertiary alicyclic amines) is 2. The third-order valence-electron chi connectivity index (χ3n) is 15.4. The molecule has 3 aromatic heterocycles. The second kappa shape index (κ2) is 17.8. The monoisotopic (exact) mass is 866 g/mol. The zero-order valence-corrected chi connectivity index (χ0v) is 36.5. The highest BCUT2D eigenvalue weighted by Crippen LogP contribution is 2.39. The van der Waals surface area contributed by atoms with Gasteiger partial charge in [0.1, 0.15) is 29.1 Å². The fraction of sp³-hybridized carbons (Fsp3) is 0.551. The molecule has 64 heavy (non-hydrogen) atoms. The van der Waals surface area contributed by atoms with E-state index in [1.165, 1.54) is 37.8 Å². The number of nitrogens with one attached hydrogen (secondary N) is 2. The maximum atomic E-state index is 13.2. The maximum Gasteiger partial charge on any atom is 0.270 e. The van der Waals surface area contributed by atoms with Gasteiger partial charge < -0.3 is 25.1 Å². The number of anilines is 2. The van der Waals surface area contributed by atoms with Crippen LogP contribution in [0.15, 0.2) is 53.6 Å². The van der Waals surface area contributed by atoms with Crippen molar-refractivity contribution in [2.24, 2.45) is 11.8 Å². The van der Waals surface area contributed by atoms with Crippen LogP contribution >= 0.6 is 0 Å². The zero-order chi connectivity index (χ0) is 44.0. The first-order valence-electron chi connectivity index (χ1n) is 23.6. The Labute approximate surface area is 373 Å². The molecule has 7 heterocycles. The van der Waals surface area contributed by atoms with E-state index in [1.54, 1.807) is 27.8 Å². The third-order valence-corrected chi connectivity index (χ3v) is 15.4. The van der Waals surface area contributed by atoms with E-state index in [0.29, 0.717) is 66.0 Å². The van der Waals surface area contributed by atoms with Crippen molar-refractivity contribution in [1.82, 2.24) is 39.5 Å². The van der Waals surface area contributed by atoms with Gasteiger partial charge in [0.15, 0.2) is 0 Å². The Bertz CT molecular complexity index is 2520. The Morgan fingerprint density at radius 1 is 0.828 bits per heavy atom. The molecule has 4 aliphatic heterocycles. The summed E-state index contributed by atoms with van der Waals surface area (Å²) in [6, 6.07) is 12.8. The van der Waals surface area contributed by atoms with E-state index >= 15 is 0 Å². The molecule has 3 N–H and O–H groups in total. The van der Waals surface area contributed by atoms with Crippen LogP contribution in [0.3, 0.4) is 0 Å². The fourth-order valence-electron chi connectivity index (χ4n) is 11.6. The molecule has 15 nitrogen and oxygen atoms in total. The van der Waals surface area contributed by atoms with Crippen LogP contribution in [0.25, 0.3) is 11.0 Å². The van der Waals surface area contributed by atoms with Crippen molar-refractivity contribution in [3.63, 3.8) is 0 Å². The summed E-state index contributed by atoms with van der Waals surface area (Å²) < 4.78 is 1.70. The van der Waals surface area contributed by atoms with Crippen molar-refractivity contribution in [3.8, 4) is 6.07 Å². The molecule has 1 aromatic carbocycles. The molecule has 6 aliphatic rings. The van der Waals surface area contributed by atoms with Gasteiger partial charge in [-0.2, -0.15) is 10.2 Å². The smallest absolute Gasteiger partial charge is 0.270 e. The number of aliphatic hydroxyl groups is 1. The number of amides is 3. The first-order chi connectivity index (χ1) is 31.1. The lowest BCUT2D eigenvalue weighted by atomic mass is 9.80. The summed E-state index contributed by atoms with van der Waals surface area (Å²) >= 11 is 0. The Hall–Kier alpha value is -5.56. The molecular formula is C49H58N10O5. The average molecular weight is 867 g/mol. The normalized spacial score (nSPS) is 24.8. The SMILES string of the molecule is N#Cc1cc2cnc(Nc3ccc(C4CCN(CC5CCC(CN6CCC(O)(c7ccc8c(c7)CN(C7CCC(=O)NC7=O)C8=O)CC6)CC5)CC4)cn3)nc2n(C2CCCC2)c1=O. The predicted octanol–water partition coefficient (Wildman–Crippen LogP) is 5.65. The summed E-state index contributed by atoms with van der Waals surface area (Å²) in [5.74, 6) is 2.03. The molecule has 0 radical (unpaired) electrons. The van der Waals surface area contributed by atoms with Crippen molar-refractivity contribution in [1.29, 1.82) is 5.26 Å². The number of carbonyl (C=O) groups excluding carboxylic acids is 3. The van der Waals surface area contributed by atoms with Gasteiger partial charge in [0.05, 0.1) is 5.60 Å². The van der Waals surface area contributed by atoms with E-state index in [0.717, 1.165) is 88.3 Å². The van der Waals surface area contributed by atoms with Crippen LogP contribution < -0.4 is 16.2 Å². The molecule has 334 valence electrons. The number of imide groups is 1. The van der Waals surface area contributed by atoms with Crippen molar-refractivity contribution >= 4 is 40.5 Å². The van der Waals surface area contributed by atoms with E-state index < -0.39 is 17.6 Å². The number of aromatic nitrogens is 4. The quantitative estimate of drug-likeness (QED) is 0.167. The van der Waals surface area contributed by atoms with E-state index in [4.69, 9.17) is 9.97 Å². The minimum absolute atomic E-state index is 0.0418. The number of nitriles is 1. The molecule has 3 amide bonds. The van der Waals surface area contributed by atoms with Crippen molar-refractivity contribution in [3.05, 3.63) is 87.0 Å². The largest absolute Gasteiger partial charge is 0.385 e. The first-order valence-corrected chi connectivity index (χ1v) is 23.6. The molecule has 0 spiro atoms. The molecule has 4 aromatic rings. The van der Waals surface area contributed by atoms with Gasteiger partial charge in [-0.1, -0.05) is 31.0 Å². The number of benzene rings is 1. The molecule has 1 atom stereocenters. The second-order valence-corrected chi connectivity index (χ2v) is 19.4. The highest BCUT2D eigenvalue weighted by atomic mass is 16.3. The number of carbonyl (C=O) groups is 3. The van der Waals surface area contributed by atoms with Gasteiger partial charge in [-0.25, -0.2) is 9.97 Å². The lowest BCUT2D eigenvalue weighted by Gasteiger charge is -2.41. The van der Waals surface area contributed by atoms with E-state index in [1.807, 2.05) is 30.5 Å². The Morgan fingerprint density at radius 3 is 2.22 bits per heavy atom. The van der Waals surface area contributed by atoms with Gasteiger partial charge in [-0.05, 0) is 136 Å². The average Bonchev–Trinajstić information content (AvgIpc) is 3.96. The van der Waals surface area contributed by atoms with E-state index in [9.17, 15) is 29.5 Å². The molecule has 2 aliphatic carbocycles. The van der Waals surface area contributed by atoms with Crippen LogP contribution in [0.5, 0.6) is 0 Å². The Balaban J connectivity index is 0.656. The zero-order valence-electron chi connectivity index (χ0n) is 36.5. The highest BCUT2D eigenvalue weighted by Gasteiger charge is 2.41. The number of pyridine rings is 2. The molecule has 5 fully saturated rings. The Kier molecular flexibility index (Phi) is 11.8. The van der Waals surface area contributed by atoms with Gasteiger partial charge in [-0.15, -0.1) is 0 Å². The number of fused-ring (bicyclic) bond motifs is 2. The summed E-state index contributed by atoms with van der Waals surface area (Å²) in [6.45, 7) is 6.45. The van der Waals surface area contributed by atoms with Crippen molar-refractivity contribution in [2.75, 3.05) is 44.6 Å². The number of hydrogen-bond donors (Lipinski definition) is 3. The fourth-order valence-corrected chi connectivity index (χ4v) is 11.6. The maximum absolute atomic E-state index is 13.2. The van der Waals surface area contributed by atoms with Crippen LogP contribution in [0, 0.1) is 23.2 Å². The Morgan fingerprint density at radius 2 is 1.55 bits per heavy atom. The summed E-state index contributed by atoms with van der Waals surface area (Å²) in [5.41, 5.74) is 2.96. The van der Waals surface area contributed by atoms with Gasteiger partial charge in [-0.3, -0.25) is 29.1 Å². The number of rotatable bonds is 10. The minimum atomic E-state index is -0.942. The van der Waals surface area contributed by atoms with Crippen LogP contribution in [-0.4, -0.2) is 102 Å². The molecule has 1 unspecified atom stereocenters. The summed E-state index contributed by atoms with van der Waals surface area (Å²) in [7, 11) is 0. The van der Waals surface area contributed by atoms with Crippen molar-refractivity contribution < 1.29 is 19.5 Å². The summed E-state index contributed by atoms with van der Waals surface area (Å²) in [5, 5.41) is 27.7. The summed E-state index contributed by atoms with van der Waals surface area (Å²) in [4.78, 5) is 71.2. The lowest BCUT2D eigenvalue weighted by molar-refractivity contribution is -0.136. The first kappa shape index (κ1) is 42.4. The summed E-state index contributed by atoms with van der Waals surface area (Å²) in [6.07, 6.45) is 16.7. The van der Waals surface area contributed by atoms with Gasteiger partial charge >= 0.3 is 0 Å². The highest BCUT2D eigenvalue weighted by molar-refractivity contribution is 6.05. The second-order valence-electron chi connectivity index (χ2n) is 19.4. The number of piperidine rings is 3. The van der Waals surface area contributed by atoms with Gasteiger partial charge in [0.2, 0.25) is 17.8 Å². The third kappa shape index (κ3) is 8.55. The van der Waals surface area contributed by atoms with E-state index in [-0.39, 0.29) is 35.4 Å². The van der Waals surface area contributed by atoms with Crippen LogP contribution in [-0.2, 0) is 21.7 Å². The number of nitrogens with zero attached hydrogens (tertiary/aromatic N) is 8. The molecule has 0 bridgehead atoms. The minimum Gasteiger partial charge on any atom is -0.385 e. The van der Waals surface area contributed by atoms with Crippen molar-refractivity contribution in [2.45, 2.75) is 120 Å². The molecule has 3 saturated heterocycles. The standard InChI is InChI=1S/C49H58N10O5/c50-25-35-23-36-27-52-48(55-44(36)59(46(35)62)39-3-1-2-4-39)53-42-13-9-34(26-51-42)33-15-19-56(20-16-33)28-31-5-7-32(8-6-31)29-57-21-17-49(64,18-22-57)38-10-11-40-37(24-38)30-58(47(40)63)41-12-14-43(60)54-45(41)61/h9-11,13,23-24,26-27,31-33,39,41,64H,1-8,12,14-22,28-30H2,(H,54,60,61)(H,51,52,53,55). The van der Waals surface area contributed by atoms with Gasteiger partial charge in [0.25, 0.3) is 11.5 Å². The number of hydrogen-bond acceptors (Lipinski definition) is 12. The van der Waals surface area contributed by atoms with Crippen LogP contribution in [0.4, 0.5) is 11.8 Å². The van der Waals surface area contributed by atoms with Crippen LogP contribution in [0.1, 0.15) is 134 Å². The van der Waals surface area contributed by atoms with Gasteiger partial charge in [0, 0.05) is 68.5 Å². The molecule has 15 heteroatoms. The lowest BCUT2D eigenvalue weighted by Crippen LogP contribution is -2.52.